The number of benzene rings is 1. The molecule has 20 heavy (non-hydrogen) atoms. The first-order chi connectivity index (χ1) is 9.41. The molecule has 0 aromatic heterocycles. The Bertz CT molecular complexity index is 564. The topological polar surface area (TPSA) is 66.6 Å². The molecule has 2 rings (SSSR count). The zero-order valence-corrected chi connectivity index (χ0v) is 13.0. The molecular weight excluding hydrogens is 274 g/mol. The predicted molar refractivity (Wildman–Crippen MR) is 82.6 cm³/mol. The Labute approximate surface area is 121 Å². The van der Waals surface area contributed by atoms with Crippen LogP contribution in [0.5, 0.6) is 0 Å². The molecular formula is C14H23N3O2S. The quantitative estimate of drug-likeness (QED) is 0.883. The number of sulfonamides is 1. The van der Waals surface area contributed by atoms with E-state index in [9.17, 15) is 8.42 Å². The van der Waals surface area contributed by atoms with E-state index in [2.05, 4.69) is 30.0 Å². The summed E-state index contributed by atoms with van der Waals surface area (Å²) >= 11 is 0. The van der Waals surface area contributed by atoms with Gasteiger partial charge < -0.3 is 10.6 Å². The highest BCUT2D eigenvalue weighted by molar-refractivity contribution is 7.88. The fourth-order valence-electron chi connectivity index (χ4n) is 2.59. The molecule has 1 aromatic rings. The Morgan fingerprint density at radius 3 is 2.35 bits per heavy atom. The molecule has 112 valence electrons. The van der Waals surface area contributed by atoms with Crippen molar-refractivity contribution in [2.24, 2.45) is 5.73 Å². The van der Waals surface area contributed by atoms with E-state index < -0.39 is 10.0 Å². The Morgan fingerprint density at radius 2 is 1.85 bits per heavy atom. The second-order valence-corrected chi connectivity index (χ2v) is 7.28. The molecule has 1 heterocycles. The van der Waals surface area contributed by atoms with E-state index in [1.54, 1.807) is 4.31 Å². The minimum Gasteiger partial charge on any atom is -0.369 e. The molecule has 5 nitrogen and oxygen atoms in total. The minimum absolute atomic E-state index is 0.558. The summed E-state index contributed by atoms with van der Waals surface area (Å²) in [5, 5.41) is 0. The monoisotopic (exact) mass is 297 g/mol. The van der Waals surface area contributed by atoms with Gasteiger partial charge in [0, 0.05) is 31.9 Å². The molecule has 0 saturated carbocycles. The Morgan fingerprint density at radius 1 is 1.20 bits per heavy atom. The largest absolute Gasteiger partial charge is 0.369 e. The summed E-state index contributed by atoms with van der Waals surface area (Å²) in [6, 6.07) is 6.40. The number of aryl methyl sites for hydroxylation is 1. The van der Waals surface area contributed by atoms with Crippen LogP contribution in [0.4, 0.5) is 5.69 Å². The normalized spacial score (nSPS) is 17.4. The van der Waals surface area contributed by atoms with E-state index in [4.69, 9.17) is 5.73 Å². The van der Waals surface area contributed by atoms with Gasteiger partial charge in [0.1, 0.15) is 0 Å². The van der Waals surface area contributed by atoms with Crippen molar-refractivity contribution in [3.63, 3.8) is 0 Å². The molecule has 0 amide bonds. The van der Waals surface area contributed by atoms with Gasteiger partial charge in [-0.1, -0.05) is 6.07 Å². The van der Waals surface area contributed by atoms with Crippen LogP contribution in [-0.2, 0) is 16.4 Å². The fourth-order valence-corrected chi connectivity index (χ4v) is 3.42. The van der Waals surface area contributed by atoms with E-state index >= 15 is 0 Å². The number of piperazine rings is 1. The molecule has 1 aliphatic heterocycles. The smallest absolute Gasteiger partial charge is 0.211 e. The third-order valence-corrected chi connectivity index (χ3v) is 5.12. The average Bonchev–Trinajstić information content (AvgIpc) is 2.40. The van der Waals surface area contributed by atoms with E-state index in [0.717, 1.165) is 25.2 Å². The van der Waals surface area contributed by atoms with Gasteiger partial charge in [-0.2, -0.15) is 4.31 Å². The van der Waals surface area contributed by atoms with E-state index in [0.29, 0.717) is 19.6 Å². The third-order valence-electron chi connectivity index (χ3n) is 3.81. The van der Waals surface area contributed by atoms with Crippen molar-refractivity contribution in [3.05, 3.63) is 29.3 Å². The first-order valence-corrected chi connectivity index (χ1v) is 8.76. The van der Waals surface area contributed by atoms with Crippen molar-refractivity contribution in [3.8, 4) is 0 Å². The van der Waals surface area contributed by atoms with Gasteiger partial charge in [0.25, 0.3) is 0 Å². The Hall–Kier alpha value is -1.11. The van der Waals surface area contributed by atoms with Gasteiger partial charge in [0.15, 0.2) is 0 Å². The van der Waals surface area contributed by atoms with E-state index in [1.165, 1.54) is 17.4 Å². The number of nitrogens with zero attached hydrogens (tertiary/aromatic N) is 2. The molecule has 0 unspecified atom stereocenters. The van der Waals surface area contributed by atoms with Crippen LogP contribution in [-0.4, -0.2) is 51.7 Å². The Kier molecular flexibility index (Phi) is 4.67. The summed E-state index contributed by atoms with van der Waals surface area (Å²) in [5.74, 6) is 0. The first kappa shape index (κ1) is 15.3. The zero-order valence-electron chi connectivity index (χ0n) is 12.2. The van der Waals surface area contributed by atoms with Crippen molar-refractivity contribution in [2.75, 3.05) is 43.9 Å². The number of nitrogens with two attached hydrogens (primary N) is 1. The molecule has 1 aromatic carbocycles. The highest BCUT2D eigenvalue weighted by atomic mass is 32.2. The molecule has 1 saturated heterocycles. The van der Waals surface area contributed by atoms with Gasteiger partial charge in [-0.15, -0.1) is 0 Å². The van der Waals surface area contributed by atoms with Crippen molar-refractivity contribution < 1.29 is 8.42 Å². The molecule has 1 aliphatic rings. The van der Waals surface area contributed by atoms with Crippen LogP contribution >= 0.6 is 0 Å². The highest BCUT2D eigenvalue weighted by Crippen LogP contribution is 2.21. The summed E-state index contributed by atoms with van der Waals surface area (Å²) in [6.07, 6.45) is 2.17. The second-order valence-electron chi connectivity index (χ2n) is 5.30. The number of hydrogen-bond donors (Lipinski definition) is 1. The van der Waals surface area contributed by atoms with Crippen molar-refractivity contribution in [1.29, 1.82) is 0 Å². The van der Waals surface area contributed by atoms with Crippen molar-refractivity contribution in [1.82, 2.24) is 4.31 Å². The predicted octanol–water partition coefficient (Wildman–Crippen LogP) is 0.578. The molecule has 1 fully saturated rings. The number of rotatable bonds is 4. The van der Waals surface area contributed by atoms with Crippen LogP contribution in [0.3, 0.4) is 0 Å². The van der Waals surface area contributed by atoms with Crippen molar-refractivity contribution >= 4 is 15.7 Å². The van der Waals surface area contributed by atoms with Crippen molar-refractivity contribution in [2.45, 2.75) is 13.3 Å². The number of anilines is 1. The second kappa shape index (κ2) is 6.11. The molecule has 0 atom stereocenters. The zero-order chi connectivity index (χ0) is 14.8. The molecule has 0 radical (unpaired) electrons. The lowest BCUT2D eigenvalue weighted by Crippen LogP contribution is -2.48. The van der Waals surface area contributed by atoms with Crippen LogP contribution in [0, 0.1) is 6.92 Å². The first-order valence-electron chi connectivity index (χ1n) is 6.91. The van der Waals surface area contributed by atoms with Gasteiger partial charge in [0.05, 0.1) is 6.26 Å². The summed E-state index contributed by atoms with van der Waals surface area (Å²) in [4.78, 5) is 2.24. The van der Waals surface area contributed by atoms with E-state index in [-0.39, 0.29) is 0 Å². The van der Waals surface area contributed by atoms with Crippen LogP contribution < -0.4 is 10.6 Å². The lowest BCUT2D eigenvalue weighted by molar-refractivity contribution is 0.388. The van der Waals surface area contributed by atoms with Crippen LogP contribution in [0.1, 0.15) is 11.1 Å². The highest BCUT2D eigenvalue weighted by Gasteiger charge is 2.23. The van der Waals surface area contributed by atoms with Crippen LogP contribution in [0.2, 0.25) is 0 Å². The summed E-state index contributed by atoms with van der Waals surface area (Å²) < 4.78 is 24.5. The SMILES string of the molecule is Cc1cc(N2CCN(S(C)(=O)=O)CC2)ccc1CCN. The number of hydrogen-bond acceptors (Lipinski definition) is 4. The van der Waals surface area contributed by atoms with Gasteiger partial charge >= 0.3 is 0 Å². The summed E-state index contributed by atoms with van der Waals surface area (Å²) in [5.41, 5.74) is 9.29. The Balaban J connectivity index is 2.06. The van der Waals surface area contributed by atoms with Crippen LogP contribution in [0.15, 0.2) is 18.2 Å². The van der Waals surface area contributed by atoms with E-state index in [1.807, 2.05) is 0 Å². The van der Waals surface area contributed by atoms with Gasteiger partial charge in [-0.05, 0) is 43.1 Å². The van der Waals surface area contributed by atoms with Gasteiger partial charge in [0.2, 0.25) is 10.0 Å². The molecule has 2 N–H and O–H groups in total. The summed E-state index contributed by atoms with van der Waals surface area (Å²) in [7, 11) is -3.06. The fraction of sp³-hybridized carbons (Fsp3) is 0.571. The molecule has 6 heteroatoms. The molecule has 0 bridgehead atoms. The average molecular weight is 297 g/mol. The standard InChI is InChI=1S/C14H23N3O2S/c1-12-11-14(4-3-13(12)5-6-15)16-7-9-17(10-8-16)20(2,18)19/h3-4,11H,5-10,15H2,1-2H3. The van der Waals surface area contributed by atoms with Crippen LogP contribution in [0.25, 0.3) is 0 Å². The maximum Gasteiger partial charge on any atom is 0.211 e. The molecule has 0 spiro atoms. The van der Waals surface area contributed by atoms with Gasteiger partial charge in [-0.25, -0.2) is 8.42 Å². The minimum atomic E-state index is -3.06. The molecule has 0 aliphatic carbocycles. The lowest BCUT2D eigenvalue weighted by Gasteiger charge is -2.35. The third kappa shape index (κ3) is 3.50. The summed E-state index contributed by atoms with van der Waals surface area (Å²) in [6.45, 7) is 5.35. The van der Waals surface area contributed by atoms with Gasteiger partial charge in [-0.3, -0.25) is 0 Å². The maximum atomic E-state index is 11.5. The maximum absolute atomic E-state index is 11.5. The lowest BCUT2D eigenvalue weighted by atomic mass is 10.0.